The molecule has 0 atom stereocenters. The lowest BCUT2D eigenvalue weighted by Gasteiger charge is -2.28. The molecule has 0 saturated carbocycles. The van der Waals surface area contributed by atoms with Gasteiger partial charge in [-0.3, -0.25) is 0 Å². The molecule has 0 aromatic heterocycles. The third-order valence-electron chi connectivity index (χ3n) is 11.8. The van der Waals surface area contributed by atoms with Gasteiger partial charge in [0.2, 0.25) is 0 Å². The monoisotopic (exact) mass is 803 g/mol. The van der Waals surface area contributed by atoms with Crippen LogP contribution in [-0.4, -0.2) is 153 Å². The van der Waals surface area contributed by atoms with E-state index >= 15 is 0 Å². The van der Waals surface area contributed by atoms with Crippen molar-refractivity contribution in [2.24, 2.45) is 0 Å². The Morgan fingerprint density at radius 2 is 0.569 bits per heavy atom. The molecule has 0 amide bonds. The fraction of sp³-hybridized carbons (Fsp3) is 0.560. The molecular formula is C50H82N4O4+4. The lowest BCUT2D eigenvalue weighted by molar-refractivity contribution is -0.888. The zero-order valence-corrected chi connectivity index (χ0v) is 38.8. The van der Waals surface area contributed by atoms with Crippen molar-refractivity contribution in [3.63, 3.8) is 0 Å². The van der Waals surface area contributed by atoms with Crippen molar-refractivity contribution in [2.45, 2.75) is 53.4 Å². The van der Waals surface area contributed by atoms with Crippen LogP contribution in [0.2, 0.25) is 0 Å². The Labute approximate surface area is 354 Å². The normalized spacial score (nSPS) is 12.8. The summed E-state index contributed by atoms with van der Waals surface area (Å²) in [6.07, 6.45) is 12.6. The summed E-state index contributed by atoms with van der Waals surface area (Å²) in [6.45, 7) is 20.5. The van der Waals surface area contributed by atoms with Gasteiger partial charge in [0, 0.05) is 37.8 Å². The Morgan fingerprint density at radius 3 is 0.793 bits per heavy atom. The molecule has 3 aromatic rings. The molecule has 0 unspecified atom stereocenters. The van der Waals surface area contributed by atoms with E-state index in [0.29, 0.717) is 26.4 Å². The van der Waals surface area contributed by atoms with Crippen LogP contribution in [0, 0.1) is 0 Å². The van der Waals surface area contributed by atoms with Gasteiger partial charge >= 0.3 is 0 Å². The van der Waals surface area contributed by atoms with Crippen LogP contribution in [0.4, 0.5) is 0 Å². The van der Waals surface area contributed by atoms with E-state index in [2.05, 4.69) is 157 Å². The van der Waals surface area contributed by atoms with Crippen molar-refractivity contribution in [1.82, 2.24) is 0 Å². The quantitative estimate of drug-likeness (QED) is 0.0417. The second-order valence-corrected chi connectivity index (χ2v) is 18.5. The van der Waals surface area contributed by atoms with Crippen molar-refractivity contribution in [1.29, 1.82) is 0 Å². The van der Waals surface area contributed by atoms with E-state index in [0.717, 1.165) is 141 Å². The van der Waals surface area contributed by atoms with Crippen molar-refractivity contribution in [3.05, 3.63) is 82.9 Å². The molecule has 0 fully saturated rings. The number of hydrogen-bond acceptors (Lipinski definition) is 4. The largest absolute Gasteiger partial charge is 0.493 e. The summed E-state index contributed by atoms with van der Waals surface area (Å²) in [4.78, 5) is 0. The van der Waals surface area contributed by atoms with Crippen molar-refractivity contribution in [2.75, 3.05) is 135 Å². The molecule has 0 bridgehead atoms. The van der Waals surface area contributed by atoms with Gasteiger partial charge in [0.05, 0.1) is 135 Å². The highest BCUT2D eigenvalue weighted by atomic mass is 16.5. The van der Waals surface area contributed by atoms with E-state index in [1.807, 2.05) is 12.1 Å². The molecule has 3 rings (SSSR count). The van der Waals surface area contributed by atoms with E-state index in [1.54, 1.807) is 0 Å². The maximum atomic E-state index is 6.28. The summed E-state index contributed by atoms with van der Waals surface area (Å²) in [6, 6.07) is 21.2. The molecule has 0 radical (unpaired) electrons. The van der Waals surface area contributed by atoms with Gasteiger partial charge in [-0.2, -0.15) is 0 Å². The summed E-state index contributed by atoms with van der Waals surface area (Å²) < 4.78 is 29.1. The van der Waals surface area contributed by atoms with Crippen LogP contribution in [-0.2, 0) is 0 Å². The van der Waals surface area contributed by atoms with Gasteiger partial charge in [-0.25, -0.2) is 0 Å². The maximum Gasteiger partial charge on any atom is 0.123 e. The molecule has 0 aliphatic rings. The number of ether oxygens (including phenoxy) is 4. The zero-order valence-electron chi connectivity index (χ0n) is 38.8. The Morgan fingerprint density at radius 1 is 0.345 bits per heavy atom. The summed E-state index contributed by atoms with van der Waals surface area (Å²) >= 11 is 0. The number of quaternary nitrogens is 4. The van der Waals surface area contributed by atoms with Gasteiger partial charge in [0.1, 0.15) is 23.0 Å². The Bertz CT molecular complexity index is 1490. The van der Waals surface area contributed by atoms with E-state index in [9.17, 15) is 0 Å². The summed E-state index contributed by atoms with van der Waals surface area (Å²) in [5, 5.41) is 0. The minimum Gasteiger partial charge on any atom is -0.493 e. The van der Waals surface area contributed by atoms with Crippen LogP contribution in [0.25, 0.3) is 24.3 Å². The Balaban J connectivity index is 1.72. The van der Waals surface area contributed by atoms with Crippen LogP contribution < -0.4 is 18.9 Å². The fourth-order valence-electron chi connectivity index (χ4n) is 6.18. The van der Waals surface area contributed by atoms with Gasteiger partial charge in [0.15, 0.2) is 0 Å². The standard InChI is InChI=1S/C50H82N4O4/c1-13-51(5,6)29-17-33-55-47-37-45(38-48(41-47)56-34-18-30-52(7,8)14-2)27-25-43-21-23-44(24-22-43)26-28-46-39-49(57-35-19-31-53(9,10)15-3)42-50(40-46)58-36-20-32-54(11,12)16-4/h21-28,37-42H,13-20,29-36H2,1-12H3/q+4/b27-25+,28-26+. The minimum absolute atomic E-state index is 0.686. The van der Waals surface area contributed by atoms with Gasteiger partial charge < -0.3 is 36.9 Å². The summed E-state index contributed by atoms with van der Waals surface area (Å²) in [5.74, 6) is 3.41. The molecule has 0 aliphatic carbocycles. The first-order chi connectivity index (χ1) is 27.5. The highest BCUT2D eigenvalue weighted by Crippen LogP contribution is 2.27. The smallest absolute Gasteiger partial charge is 0.123 e. The predicted molar refractivity (Wildman–Crippen MR) is 248 cm³/mol. The molecule has 8 nitrogen and oxygen atoms in total. The van der Waals surface area contributed by atoms with Crippen LogP contribution in [0.15, 0.2) is 60.7 Å². The van der Waals surface area contributed by atoms with E-state index in [4.69, 9.17) is 18.9 Å². The average Bonchev–Trinajstić information content (AvgIpc) is 3.20. The van der Waals surface area contributed by atoms with Crippen molar-refractivity contribution >= 4 is 24.3 Å². The molecule has 0 aliphatic heterocycles. The maximum absolute atomic E-state index is 6.28. The van der Waals surface area contributed by atoms with E-state index in [1.165, 1.54) is 0 Å². The second-order valence-electron chi connectivity index (χ2n) is 18.5. The SMILES string of the molecule is CC[N+](C)(C)CCCOc1cc(/C=C/c2ccc(/C=C/c3cc(OCCC[N+](C)(C)CC)cc(OCCC[N+](C)(C)CC)c3)cc2)cc(OCCC[N+](C)(C)CC)c1. The Hall–Kier alpha value is -3.82. The first-order valence-electron chi connectivity index (χ1n) is 22.0. The fourth-order valence-corrected chi connectivity index (χ4v) is 6.18. The first kappa shape index (κ1) is 48.5. The topological polar surface area (TPSA) is 36.9 Å². The third kappa shape index (κ3) is 19.3. The molecule has 322 valence electrons. The van der Waals surface area contributed by atoms with Gasteiger partial charge in [-0.15, -0.1) is 0 Å². The third-order valence-corrected chi connectivity index (χ3v) is 11.8. The van der Waals surface area contributed by atoms with Crippen molar-refractivity contribution < 1.29 is 36.9 Å². The minimum atomic E-state index is 0.686. The van der Waals surface area contributed by atoms with Crippen LogP contribution >= 0.6 is 0 Å². The zero-order chi connectivity index (χ0) is 42.7. The van der Waals surface area contributed by atoms with Gasteiger partial charge in [-0.1, -0.05) is 48.6 Å². The number of rotatable bonds is 28. The average molecular weight is 803 g/mol. The summed E-state index contributed by atoms with van der Waals surface area (Å²) in [7, 11) is 18.2. The van der Waals surface area contributed by atoms with Crippen molar-refractivity contribution in [3.8, 4) is 23.0 Å². The molecule has 3 aromatic carbocycles. The van der Waals surface area contributed by atoms with E-state index < -0.39 is 0 Å². The molecule has 0 heterocycles. The number of benzene rings is 3. The molecule has 8 heteroatoms. The predicted octanol–water partition coefficient (Wildman–Crippen LogP) is 9.49. The number of hydrogen-bond donors (Lipinski definition) is 0. The lowest BCUT2D eigenvalue weighted by atomic mass is 10.1. The summed E-state index contributed by atoms with van der Waals surface area (Å²) in [5.41, 5.74) is 4.39. The Kier molecular flexibility index (Phi) is 19.8. The highest BCUT2D eigenvalue weighted by molar-refractivity contribution is 5.74. The van der Waals surface area contributed by atoms with Gasteiger partial charge in [0.25, 0.3) is 0 Å². The van der Waals surface area contributed by atoms with Crippen LogP contribution in [0.3, 0.4) is 0 Å². The van der Waals surface area contributed by atoms with Crippen LogP contribution in [0.5, 0.6) is 23.0 Å². The molecule has 0 spiro atoms. The van der Waals surface area contributed by atoms with Crippen LogP contribution in [0.1, 0.15) is 75.6 Å². The first-order valence-corrected chi connectivity index (χ1v) is 22.0. The van der Waals surface area contributed by atoms with E-state index in [-0.39, 0.29) is 0 Å². The molecule has 0 saturated heterocycles. The molecule has 0 N–H and O–H groups in total. The lowest BCUT2D eigenvalue weighted by Crippen LogP contribution is -2.40. The molecular weight excluding hydrogens is 721 g/mol. The molecule has 58 heavy (non-hydrogen) atoms. The highest BCUT2D eigenvalue weighted by Gasteiger charge is 2.15. The number of nitrogens with zero attached hydrogens (tertiary/aromatic N) is 4. The van der Waals surface area contributed by atoms with Gasteiger partial charge in [-0.05, 0) is 74.2 Å². The second kappa shape index (κ2) is 23.7.